The molecule has 3 aromatic rings. The SMILES string of the molecule is O=C(Nc1cccc(-c2cccc(C3C=CN=C(Cc4cccnc4)C3=O)c2)c1)C1CC1. The van der Waals surface area contributed by atoms with Crippen LogP contribution < -0.4 is 5.32 Å². The number of amides is 1. The minimum Gasteiger partial charge on any atom is -0.326 e. The van der Waals surface area contributed by atoms with Gasteiger partial charge in [0.25, 0.3) is 0 Å². The van der Waals surface area contributed by atoms with E-state index in [1.54, 1.807) is 18.6 Å². The maximum atomic E-state index is 13.2. The zero-order chi connectivity index (χ0) is 21.9. The number of hydrogen-bond donors (Lipinski definition) is 1. The Hall–Kier alpha value is -3.86. The van der Waals surface area contributed by atoms with Gasteiger partial charge in [-0.1, -0.05) is 48.5 Å². The Kier molecular flexibility index (Phi) is 5.46. The van der Waals surface area contributed by atoms with Gasteiger partial charge in [-0.15, -0.1) is 0 Å². The number of nitrogens with one attached hydrogen (secondary N) is 1. The molecule has 1 saturated carbocycles. The summed E-state index contributed by atoms with van der Waals surface area (Å²) in [7, 11) is 0. The zero-order valence-electron chi connectivity index (χ0n) is 17.6. The number of carbonyl (C=O) groups excluding carboxylic acids is 2. The minimum atomic E-state index is -0.364. The number of anilines is 1. The van der Waals surface area contributed by atoms with Gasteiger partial charge in [-0.05, 0) is 53.3 Å². The van der Waals surface area contributed by atoms with Crippen LogP contribution in [0.1, 0.15) is 29.9 Å². The smallest absolute Gasteiger partial charge is 0.227 e. The van der Waals surface area contributed by atoms with Crippen molar-refractivity contribution in [1.82, 2.24) is 4.98 Å². The highest BCUT2D eigenvalue weighted by Crippen LogP contribution is 2.32. The molecule has 2 aromatic carbocycles. The van der Waals surface area contributed by atoms with Crippen LogP contribution in [0.25, 0.3) is 11.1 Å². The molecule has 1 N–H and O–H groups in total. The van der Waals surface area contributed by atoms with E-state index in [9.17, 15) is 9.59 Å². The third kappa shape index (κ3) is 4.42. The molecule has 1 aliphatic heterocycles. The van der Waals surface area contributed by atoms with Gasteiger partial charge in [-0.3, -0.25) is 19.6 Å². The Morgan fingerprint density at radius 3 is 2.59 bits per heavy atom. The van der Waals surface area contributed by atoms with E-state index in [2.05, 4.69) is 15.3 Å². The number of ketones is 1. The Labute approximate surface area is 186 Å². The Balaban J connectivity index is 1.36. The standard InChI is InChI=1S/C27H23N3O2/c31-26-24(11-13-29-25(26)14-18-4-3-12-28-17-18)22-7-1-5-20(15-22)21-6-2-8-23(16-21)30-27(32)19-9-10-19/h1-8,11-13,15-17,19,24H,9-10,14H2,(H,30,32). The van der Waals surface area contributed by atoms with Crippen LogP contribution in [0, 0.1) is 5.92 Å². The third-order valence-electron chi connectivity index (χ3n) is 5.83. The van der Waals surface area contributed by atoms with Gasteiger partial charge >= 0.3 is 0 Å². The molecule has 32 heavy (non-hydrogen) atoms. The monoisotopic (exact) mass is 421 g/mol. The van der Waals surface area contributed by atoms with E-state index in [0.29, 0.717) is 12.1 Å². The second-order valence-electron chi connectivity index (χ2n) is 8.27. The van der Waals surface area contributed by atoms with Crippen molar-refractivity contribution in [3.8, 4) is 11.1 Å². The number of pyridine rings is 1. The van der Waals surface area contributed by atoms with Gasteiger partial charge in [-0.25, -0.2) is 0 Å². The molecule has 1 aromatic heterocycles. The molecule has 0 saturated heterocycles. The van der Waals surface area contributed by atoms with Gasteiger partial charge in [-0.2, -0.15) is 0 Å². The average Bonchev–Trinajstić information content (AvgIpc) is 3.67. The van der Waals surface area contributed by atoms with Crippen LogP contribution in [0.5, 0.6) is 0 Å². The predicted molar refractivity (Wildman–Crippen MR) is 125 cm³/mol. The molecule has 0 bridgehead atoms. The first kappa shape index (κ1) is 20.1. The van der Waals surface area contributed by atoms with E-state index >= 15 is 0 Å². The maximum Gasteiger partial charge on any atom is 0.227 e. The molecule has 1 unspecified atom stereocenters. The predicted octanol–water partition coefficient (Wildman–Crippen LogP) is 4.96. The number of Topliss-reactive ketones (excluding diaryl/α,β-unsaturated/α-hetero) is 1. The van der Waals surface area contributed by atoms with Crippen LogP contribution in [0.15, 0.2) is 90.3 Å². The summed E-state index contributed by atoms with van der Waals surface area (Å²) < 4.78 is 0. The molecule has 5 rings (SSSR count). The Morgan fingerprint density at radius 2 is 1.81 bits per heavy atom. The van der Waals surface area contributed by atoms with Crippen LogP contribution in [-0.2, 0) is 16.0 Å². The number of rotatable bonds is 6. The molecule has 1 fully saturated rings. The van der Waals surface area contributed by atoms with Crippen LogP contribution in [0.3, 0.4) is 0 Å². The van der Waals surface area contributed by atoms with E-state index in [1.807, 2.05) is 66.7 Å². The van der Waals surface area contributed by atoms with Crippen molar-refractivity contribution in [3.05, 3.63) is 96.5 Å². The van der Waals surface area contributed by atoms with Crippen molar-refractivity contribution >= 4 is 23.1 Å². The highest BCUT2D eigenvalue weighted by molar-refractivity contribution is 6.43. The van der Waals surface area contributed by atoms with Crippen LogP contribution in [0.4, 0.5) is 5.69 Å². The van der Waals surface area contributed by atoms with Crippen molar-refractivity contribution in [1.29, 1.82) is 0 Å². The number of nitrogens with zero attached hydrogens (tertiary/aromatic N) is 2. The zero-order valence-corrected chi connectivity index (χ0v) is 17.6. The second-order valence-corrected chi connectivity index (χ2v) is 8.27. The molecule has 0 spiro atoms. The van der Waals surface area contributed by atoms with Gasteiger partial charge in [0, 0.05) is 36.6 Å². The van der Waals surface area contributed by atoms with Crippen molar-refractivity contribution in [2.24, 2.45) is 10.9 Å². The van der Waals surface area contributed by atoms with E-state index in [4.69, 9.17) is 0 Å². The van der Waals surface area contributed by atoms with E-state index in [1.165, 1.54) is 0 Å². The van der Waals surface area contributed by atoms with E-state index < -0.39 is 0 Å². The summed E-state index contributed by atoms with van der Waals surface area (Å²) in [6, 6.07) is 19.7. The van der Waals surface area contributed by atoms with Crippen LogP contribution in [-0.4, -0.2) is 22.4 Å². The topological polar surface area (TPSA) is 71.4 Å². The molecule has 1 amide bonds. The molecule has 1 atom stereocenters. The fourth-order valence-electron chi connectivity index (χ4n) is 3.92. The van der Waals surface area contributed by atoms with Gasteiger partial charge in [0.1, 0.15) is 0 Å². The van der Waals surface area contributed by atoms with Crippen LogP contribution >= 0.6 is 0 Å². The van der Waals surface area contributed by atoms with E-state index in [-0.39, 0.29) is 23.5 Å². The molecule has 158 valence electrons. The number of aromatic nitrogens is 1. The first-order chi connectivity index (χ1) is 15.7. The maximum absolute atomic E-state index is 13.2. The summed E-state index contributed by atoms with van der Waals surface area (Å²) in [5.41, 5.74) is 5.23. The fraction of sp³-hybridized carbons (Fsp3) is 0.185. The van der Waals surface area contributed by atoms with Crippen molar-refractivity contribution in [3.63, 3.8) is 0 Å². The third-order valence-corrected chi connectivity index (χ3v) is 5.83. The first-order valence-electron chi connectivity index (χ1n) is 10.8. The number of hydrogen-bond acceptors (Lipinski definition) is 4. The molecule has 2 heterocycles. The first-order valence-corrected chi connectivity index (χ1v) is 10.8. The number of aliphatic imine (C=N–C) groups is 1. The number of allylic oxidation sites excluding steroid dienone is 1. The van der Waals surface area contributed by atoms with E-state index in [0.717, 1.165) is 40.8 Å². The van der Waals surface area contributed by atoms with Crippen LogP contribution in [0.2, 0.25) is 0 Å². The van der Waals surface area contributed by atoms with Crippen molar-refractivity contribution in [2.75, 3.05) is 5.32 Å². The minimum absolute atomic E-state index is 0.0129. The molecule has 0 radical (unpaired) electrons. The highest BCUT2D eigenvalue weighted by atomic mass is 16.2. The lowest BCUT2D eigenvalue weighted by atomic mass is 9.87. The molecule has 1 aliphatic carbocycles. The summed E-state index contributed by atoms with van der Waals surface area (Å²) in [5.74, 6) is -0.0984. The molecule has 2 aliphatic rings. The summed E-state index contributed by atoms with van der Waals surface area (Å²) in [5, 5.41) is 3.00. The summed E-state index contributed by atoms with van der Waals surface area (Å²) in [4.78, 5) is 33.7. The van der Waals surface area contributed by atoms with Gasteiger partial charge in [0.15, 0.2) is 5.78 Å². The fourth-order valence-corrected chi connectivity index (χ4v) is 3.92. The summed E-state index contributed by atoms with van der Waals surface area (Å²) >= 11 is 0. The van der Waals surface area contributed by atoms with Gasteiger partial charge in [0.2, 0.25) is 5.91 Å². The van der Waals surface area contributed by atoms with Gasteiger partial charge in [0.05, 0.1) is 11.6 Å². The normalized spacial score (nSPS) is 17.7. The molecule has 5 heteroatoms. The largest absolute Gasteiger partial charge is 0.326 e. The van der Waals surface area contributed by atoms with Crippen molar-refractivity contribution in [2.45, 2.75) is 25.2 Å². The quantitative estimate of drug-likeness (QED) is 0.611. The molecular formula is C27H23N3O2. The lowest BCUT2D eigenvalue weighted by molar-refractivity contribution is -0.117. The summed E-state index contributed by atoms with van der Waals surface area (Å²) in [6.45, 7) is 0. The average molecular weight is 422 g/mol. The Bertz CT molecular complexity index is 1230. The highest BCUT2D eigenvalue weighted by Gasteiger charge is 2.29. The molecule has 5 nitrogen and oxygen atoms in total. The lowest BCUT2D eigenvalue weighted by Gasteiger charge is -2.18. The van der Waals surface area contributed by atoms with Crippen molar-refractivity contribution < 1.29 is 9.59 Å². The number of benzene rings is 2. The lowest BCUT2D eigenvalue weighted by Crippen LogP contribution is -2.25. The number of carbonyl (C=O) groups is 2. The van der Waals surface area contributed by atoms with Gasteiger partial charge < -0.3 is 5.32 Å². The summed E-state index contributed by atoms with van der Waals surface area (Å²) in [6.07, 6.45) is 9.47. The Morgan fingerprint density at radius 1 is 1.00 bits per heavy atom. The molecular weight excluding hydrogens is 398 g/mol. The second kappa shape index (κ2) is 8.71.